The van der Waals surface area contributed by atoms with E-state index in [0.717, 1.165) is 18.7 Å². The molecule has 3 heterocycles. The molecule has 0 spiro atoms. The molecule has 22 heavy (non-hydrogen) atoms. The Hall–Kier alpha value is -2.05. The zero-order valence-electron chi connectivity index (χ0n) is 12.8. The molecule has 0 unspecified atom stereocenters. The molecule has 1 saturated carbocycles. The van der Waals surface area contributed by atoms with Gasteiger partial charge in [0.25, 0.3) is 0 Å². The van der Waals surface area contributed by atoms with Gasteiger partial charge in [0.15, 0.2) is 0 Å². The normalized spacial score (nSPS) is 24.9. The third-order valence-corrected chi connectivity index (χ3v) is 4.92. The minimum Gasteiger partial charge on any atom is -0.339 e. The molecule has 0 radical (unpaired) electrons. The molecule has 1 aromatic rings. The van der Waals surface area contributed by atoms with E-state index in [-0.39, 0.29) is 23.9 Å². The second kappa shape index (κ2) is 5.00. The summed E-state index contributed by atoms with van der Waals surface area (Å²) in [6.07, 6.45) is 5.71. The lowest BCUT2D eigenvalue weighted by atomic mass is 10.2. The molecular weight excluding hydrogens is 282 g/mol. The zero-order valence-corrected chi connectivity index (χ0v) is 12.8. The second-order valence-electron chi connectivity index (χ2n) is 6.52. The van der Waals surface area contributed by atoms with Gasteiger partial charge in [0.2, 0.25) is 5.91 Å². The zero-order chi connectivity index (χ0) is 15.3. The minimum atomic E-state index is 0.0755. The standard InChI is InChI=1S/C15H21N5O2/c1-17-5-4-16-13(17)10-19-9-12-8-18(14(21)11-2-3-11)6-7-20(12)15(19)22/h4-5,11-12H,2-3,6-10H2,1H3/t12-/m1/s1. The van der Waals surface area contributed by atoms with Gasteiger partial charge in [0.1, 0.15) is 5.82 Å². The summed E-state index contributed by atoms with van der Waals surface area (Å²) >= 11 is 0. The van der Waals surface area contributed by atoms with Gasteiger partial charge in [-0.05, 0) is 12.8 Å². The van der Waals surface area contributed by atoms with Crippen LogP contribution in [0.1, 0.15) is 18.7 Å². The number of hydrogen-bond donors (Lipinski definition) is 0. The number of imidazole rings is 1. The number of piperazine rings is 1. The lowest BCUT2D eigenvalue weighted by Crippen LogP contribution is -2.54. The van der Waals surface area contributed by atoms with Crippen LogP contribution in [0.5, 0.6) is 0 Å². The summed E-state index contributed by atoms with van der Waals surface area (Å²) in [5, 5.41) is 0. The van der Waals surface area contributed by atoms with Crippen molar-refractivity contribution in [1.29, 1.82) is 0 Å². The van der Waals surface area contributed by atoms with Crippen molar-refractivity contribution in [1.82, 2.24) is 24.3 Å². The van der Waals surface area contributed by atoms with Crippen molar-refractivity contribution in [2.45, 2.75) is 25.4 Å². The maximum atomic E-state index is 12.5. The van der Waals surface area contributed by atoms with E-state index < -0.39 is 0 Å². The minimum absolute atomic E-state index is 0.0755. The van der Waals surface area contributed by atoms with E-state index in [9.17, 15) is 9.59 Å². The van der Waals surface area contributed by atoms with E-state index >= 15 is 0 Å². The maximum Gasteiger partial charge on any atom is 0.320 e. The van der Waals surface area contributed by atoms with Crippen LogP contribution < -0.4 is 0 Å². The van der Waals surface area contributed by atoms with E-state index in [1.807, 2.05) is 32.5 Å². The van der Waals surface area contributed by atoms with Crippen molar-refractivity contribution in [3.63, 3.8) is 0 Å². The molecule has 7 nitrogen and oxygen atoms in total. The van der Waals surface area contributed by atoms with Crippen LogP contribution in [0, 0.1) is 5.92 Å². The molecule has 0 bridgehead atoms. The Bertz CT molecular complexity index is 609. The first-order valence-corrected chi connectivity index (χ1v) is 7.94. The van der Waals surface area contributed by atoms with Crippen LogP contribution in [0.25, 0.3) is 0 Å². The van der Waals surface area contributed by atoms with Crippen molar-refractivity contribution in [2.24, 2.45) is 13.0 Å². The predicted octanol–water partition coefficient (Wildman–Crippen LogP) is 0.279. The van der Waals surface area contributed by atoms with Crippen molar-refractivity contribution in [3.8, 4) is 0 Å². The van der Waals surface area contributed by atoms with Gasteiger partial charge in [-0.15, -0.1) is 0 Å². The van der Waals surface area contributed by atoms with E-state index in [0.29, 0.717) is 32.7 Å². The van der Waals surface area contributed by atoms with Gasteiger partial charge in [0, 0.05) is 51.5 Å². The summed E-state index contributed by atoms with van der Waals surface area (Å²) in [6, 6.07) is 0.204. The topological polar surface area (TPSA) is 61.7 Å². The van der Waals surface area contributed by atoms with E-state index in [1.54, 1.807) is 6.20 Å². The average molecular weight is 303 g/mol. The summed E-state index contributed by atoms with van der Waals surface area (Å²) in [7, 11) is 1.94. The third kappa shape index (κ3) is 2.24. The van der Waals surface area contributed by atoms with Crippen LogP contribution in [-0.4, -0.2) is 68.4 Å². The summed E-state index contributed by atoms with van der Waals surface area (Å²) in [6.45, 7) is 3.22. The van der Waals surface area contributed by atoms with Gasteiger partial charge < -0.3 is 19.3 Å². The fourth-order valence-corrected chi connectivity index (χ4v) is 3.42. The van der Waals surface area contributed by atoms with Gasteiger partial charge in [0.05, 0.1) is 12.6 Å². The second-order valence-corrected chi connectivity index (χ2v) is 6.52. The Balaban J connectivity index is 1.43. The van der Waals surface area contributed by atoms with Crippen molar-refractivity contribution >= 4 is 11.9 Å². The number of hydrogen-bond acceptors (Lipinski definition) is 3. The SMILES string of the molecule is Cn1ccnc1CN1C[C@H]2CN(C(=O)C3CC3)CCN2C1=O. The number of amides is 3. The number of carbonyl (C=O) groups excluding carboxylic acids is 2. The van der Waals surface area contributed by atoms with Gasteiger partial charge in [-0.25, -0.2) is 9.78 Å². The van der Waals surface area contributed by atoms with Crippen LogP contribution in [0.4, 0.5) is 4.79 Å². The van der Waals surface area contributed by atoms with E-state index in [4.69, 9.17) is 0 Å². The molecule has 2 aliphatic heterocycles. The van der Waals surface area contributed by atoms with Crippen LogP contribution in [0.3, 0.4) is 0 Å². The highest BCUT2D eigenvalue weighted by Gasteiger charge is 2.43. The summed E-state index contributed by atoms with van der Waals surface area (Å²) in [5.41, 5.74) is 0. The molecule has 7 heteroatoms. The third-order valence-electron chi connectivity index (χ3n) is 4.92. The molecule has 3 fully saturated rings. The molecule has 2 saturated heterocycles. The molecule has 0 N–H and O–H groups in total. The first-order valence-electron chi connectivity index (χ1n) is 7.94. The Morgan fingerprint density at radius 1 is 1.32 bits per heavy atom. The van der Waals surface area contributed by atoms with E-state index in [2.05, 4.69) is 4.98 Å². The van der Waals surface area contributed by atoms with Crippen molar-refractivity contribution < 1.29 is 9.59 Å². The lowest BCUT2D eigenvalue weighted by molar-refractivity contribution is -0.134. The fraction of sp³-hybridized carbons (Fsp3) is 0.667. The van der Waals surface area contributed by atoms with Gasteiger partial charge >= 0.3 is 6.03 Å². The Kier molecular flexibility index (Phi) is 3.09. The Labute approximate surface area is 129 Å². The molecular formula is C15H21N5O2. The van der Waals surface area contributed by atoms with Crippen LogP contribution in [0.15, 0.2) is 12.4 Å². The molecule has 1 aliphatic carbocycles. The fourth-order valence-electron chi connectivity index (χ4n) is 3.42. The lowest BCUT2D eigenvalue weighted by Gasteiger charge is -2.36. The van der Waals surface area contributed by atoms with Crippen LogP contribution >= 0.6 is 0 Å². The Morgan fingerprint density at radius 2 is 2.14 bits per heavy atom. The smallest absolute Gasteiger partial charge is 0.320 e. The number of nitrogens with zero attached hydrogens (tertiary/aromatic N) is 5. The first kappa shape index (κ1) is 13.6. The van der Waals surface area contributed by atoms with Gasteiger partial charge in [-0.2, -0.15) is 0 Å². The predicted molar refractivity (Wildman–Crippen MR) is 78.8 cm³/mol. The highest BCUT2D eigenvalue weighted by molar-refractivity contribution is 5.82. The van der Waals surface area contributed by atoms with Gasteiger partial charge in [-0.3, -0.25) is 4.79 Å². The molecule has 3 amide bonds. The van der Waals surface area contributed by atoms with Crippen LogP contribution in [-0.2, 0) is 18.4 Å². The van der Waals surface area contributed by atoms with Crippen LogP contribution in [0.2, 0.25) is 0 Å². The molecule has 118 valence electrons. The molecule has 3 aliphatic rings. The van der Waals surface area contributed by atoms with Crippen molar-refractivity contribution in [3.05, 3.63) is 18.2 Å². The highest BCUT2D eigenvalue weighted by Crippen LogP contribution is 2.32. The average Bonchev–Trinajstić information content (AvgIpc) is 3.23. The summed E-state index contributed by atoms with van der Waals surface area (Å²) < 4.78 is 1.94. The molecule has 1 atom stereocenters. The Morgan fingerprint density at radius 3 is 2.82 bits per heavy atom. The molecule has 4 rings (SSSR count). The monoisotopic (exact) mass is 303 g/mol. The van der Waals surface area contributed by atoms with Crippen molar-refractivity contribution in [2.75, 3.05) is 26.2 Å². The molecule has 0 aromatic carbocycles. The molecule has 1 aromatic heterocycles. The number of aryl methyl sites for hydroxylation is 1. The number of rotatable bonds is 3. The van der Waals surface area contributed by atoms with E-state index in [1.165, 1.54) is 0 Å². The largest absolute Gasteiger partial charge is 0.339 e. The quantitative estimate of drug-likeness (QED) is 0.806. The number of fused-ring (bicyclic) bond motifs is 1. The summed E-state index contributed by atoms with van der Waals surface area (Å²) in [5.74, 6) is 1.43. The number of urea groups is 1. The highest BCUT2D eigenvalue weighted by atomic mass is 16.2. The first-order chi connectivity index (χ1) is 10.6. The maximum absolute atomic E-state index is 12.5. The number of carbonyl (C=O) groups is 2. The number of aromatic nitrogens is 2. The summed E-state index contributed by atoms with van der Waals surface area (Å²) in [4.78, 5) is 34.7. The van der Waals surface area contributed by atoms with Gasteiger partial charge in [-0.1, -0.05) is 0 Å².